The van der Waals surface area contributed by atoms with Crippen molar-refractivity contribution in [2.75, 3.05) is 0 Å². The monoisotopic (exact) mass is 162 g/mol. The largest absolute Gasteiger partial charge is 0.0853 e. The Hall–Kier alpha value is -0.520. The Labute approximate surface area is 75.4 Å². The van der Waals surface area contributed by atoms with Crippen LogP contribution in [0.25, 0.3) is 0 Å². The highest BCUT2D eigenvalue weighted by Crippen LogP contribution is 2.41. The molecule has 0 aromatic heterocycles. The van der Waals surface area contributed by atoms with Crippen LogP contribution in [-0.4, -0.2) is 0 Å². The molecule has 0 heterocycles. The fourth-order valence-electron chi connectivity index (χ4n) is 2.07. The third-order valence-corrected chi connectivity index (χ3v) is 2.96. The summed E-state index contributed by atoms with van der Waals surface area (Å²) in [5, 5.41) is 0. The highest BCUT2D eigenvalue weighted by atomic mass is 14.3. The Kier molecular flexibility index (Phi) is 2.34. The molecule has 1 fully saturated rings. The van der Waals surface area contributed by atoms with Crippen LogP contribution < -0.4 is 0 Å². The molecule has 0 heteroatoms. The molecule has 12 heavy (non-hydrogen) atoms. The van der Waals surface area contributed by atoms with Crippen molar-refractivity contribution in [3.05, 3.63) is 23.3 Å². The molecular weight excluding hydrogens is 144 g/mol. The summed E-state index contributed by atoms with van der Waals surface area (Å²) in [7, 11) is 0. The smallest absolute Gasteiger partial charge is 0.0136 e. The topological polar surface area (TPSA) is 0 Å². The molecule has 0 spiro atoms. The lowest BCUT2D eigenvalue weighted by Gasteiger charge is -2.14. The van der Waals surface area contributed by atoms with E-state index in [1.165, 1.54) is 38.5 Å². The average Bonchev–Trinajstić information content (AvgIpc) is 2.89. The molecule has 0 nitrogen and oxygen atoms in total. The second-order valence-corrected chi connectivity index (χ2v) is 4.03. The summed E-state index contributed by atoms with van der Waals surface area (Å²) in [4.78, 5) is 0. The van der Waals surface area contributed by atoms with E-state index in [1.807, 2.05) is 0 Å². The van der Waals surface area contributed by atoms with Gasteiger partial charge in [-0.05, 0) is 44.4 Å². The van der Waals surface area contributed by atoms with E-state index in [-0.39, 0.29) is 0 Å². The van der Waals surface area contributed by atoms with E-state index in [0.29, 0.717) is 0 Å². The van der Waals surface area contributed by atoms with Crippen LogP contribution in [-0.2, 0) is 0 Å². The lowest BCUT2D eigenvalue weighted by molar-refractivity contribution is 0.776. The normalized spacial score (nSPS) is 27.4. The van der Waals surface area contributed by atoms with Crippen LogP contribution in [0, 0.1) is 5.92 Å². The summed E-state index contributed by atoms with van der Waals surface area (Å²) >= 11 is 0. The predicted octanol–water partition coefficient (Wildman–Crippen LogP) is 3.84. The SMILES string of the molecule is CC/C=C1\CC=C(C2CC2)CC1. The van der Waals surface area contributed by atoms with Gasteiger partial charge in [0, 0.05) is 0 Å². The molecule has 0 amide bonds. The van der Waals surface area contributed by atoms with Gasteiger partial charge in [0.2, 0.25) is 0 Å². The third kappa shape index (κ3) is 1.80. The lowest BCUT2D eigenvalue weighted by atomic mass is 9.92. The van der Waals surface area contributed by atoms with E-state index in [0.717, 1.165) is 5.92 Å². The van der Waals surface area contributed by atoms with Crippen molar-refractivity contribution >= 4 is 0 Å². The molecule has 1 saturated carbocycles. The van der Waals surface area contributed by atoms with Crippen molar-refractivity contribution in [2.45, 2.75) is 45.4 Å². The fraction of sp³-hybridized carbons (Fsp3) is 0.667. The molecular formula is C12H18. The van der Waals surface area contributed by atoms with Crippen LogP contribution in [0.2, 0.25) is 0 Å². The Bertz CT molecular complexity index is 216. The molecule has 0 aromatic carbocycles. The molecule has 0 N–H and O–H groups in total. The van der Waals surface area contributed by atoms with Crippen molar-refractivity contribution in [3.63, 3.8) is 0 Å². The van der Waals surface area contributed by atoms with Crippen molar-refractivity contribution < 1.29 is 0 Å². The van der Waals surface area contributed by atoms with Gasteiger partial charge in [-0.3, -0.25) is 0 Å². The van der Waals surface area contributed by atoms with Gasteiger partial charge in [0.25, 0.3) is 0 Å². The van der Waals surface area contributed by atoms with Gasteiger partial charge < -0.3 is 0 Å². The van der Waals surface area contributed by atoms with Gasteiger partial charge in [0.05, 0.1) is 0 Å². The molecule has 0 unspecified atom stereocenters. The van der Waals surface area contributed by atoms with E-state index in [9.17, 15) is 0 Å². The first kappa shape index (κ1) is 8.10. The van der Waals surface area contributed by atoms with Gasteiger partial charge in [-0.1, -0.05) is 30.2 Å². The first-order valence-corrected chi connectivity index (χ1v) is 5.27. The van der Waals surface area contributed by atoms with Gasteiger partial charge in [-0.2, -0.15) is 0 Å². The molecule has 0 bridgehead atoms. The van der Waals surface area contributed by atoms with Crippen LogP contribution in [0.5, 0.6) is 0 Å². The van der Waals surface area contributed by atoms with Gasteiger partial charge in [0.15, 0.2) is 0 Å². The maximum Gasteiger partial charge on any atom is -0.0136 e. The summed E-state index contributed by atoms with van der Waals surface area (Å²) in [6.07, 6.45) is 13.0. The highest BCUT2D eigenvalue weighted by Gasteiger charge is 2.26. The molecule has 0 saturated heterocycles. The van der Waals surface area contributed by atoms with Crippen molar-refractivity contribution in [1.82, 2.24) is 0 Å². The molecule has 2 aliphatic rings. The van der Waals surface area contributed by atoms with E-state index in [4.69, 9.17) is 0 Å². The Morgan fingerprint density at radius 3 is 2.75 bits per heavy atom. The molecule has 0 aliphatic heterocycles. The zero-order valence-electron chi connectivity index (χ0n) is 7.97. The van der Waals surface area contributed by atoms with E-state index in [2.05, 4.69) is 19.1 Å². The second kappa shape index (κ2) is 3.47. The van der Waals surface area contributed by atoms with Gasteiger partial charge in [-0.25, -0.2) is 0 Å². The standard InChI is InChI=1S/C12H18/c1-2-3-10-4-6-11(7-5-10)12-8-9-12/h3,6,12H,2,4-5,7-9H2,1H3/b10-3+. The van der Waals surface area contributed by atoms with Crippen LogP contribution in [0.15, 0.2) is 23.3 Å². The maximum atomic E-state index is 2.49. The highest BCUT2D eigenvalue weighted by molar-refractivity contribution is 5.23. The van der Waals surface area contributed by atoms with Crippen molar-refractivity contribution in [1.29, 1.82) is 0 Å². The molecule has 0 aromatic rings. The minimum Gasteiger partial charge on any atom is -0.0853 e. The van der Waals surface area contributed by atoms with E-state index in [1.54, 1.807) is 11.1 Å². The molecule has 66 valence electrons. The maximum absolute atomic E-state index is 2.49. The number of allylic oxidation sites excluding steroid dienone is 4. The van der Waals surface area contributed by atoms with Gasteiger partial charge >= 0.3 is 0 Å². The Morgan fingerprint density at radius 2 is 2.25 bits per heavy atom. The van der Waals surface area contributed by atoms with E-state index < -0.39 is 0 Å². The third-order valence-electron chi connectivity index (χ3n) is 2.96. The van der Waals surface area contributed by atoms with Gasteiger partial charge in [-0.15, -0.1) is 0 Å². The molecule has 0 atom stereocenters. The minimum atomic E-state index is 1.01. The number of hydrogen-bond donors (Lipinski definition) is 0. The lowest BCUT2D eigenvalue weighted by Crippen LogP contribution is -1.96. The summed E-state index contributed by atoms with van der Waals surface area (Å²) < 4.78 is 0. The summed E-state index contributed by atoms with van der Waals surface area (Å²) in [5.41, 5.74) is 3.44. The molecule has 2 rings (SSSR count). The minimum absolute atomic E-state index is 1.01. The van der Waals surface area contributed by atoms with E-state index >= 15 is 0 Å². The number of hydrogen-bond acceptors (Lipinski definition) is 0. The summed E-state index contributed by atoms with van der Waals surface area (Å²) in [5.74, 6) is 1.01. The quantitative estimate of drug-likeness (QED) is 0.541. The zero-order valence-corrected chi connectivity index (χ0v) is 7.97. The predicted molar refractivity (Wildman–Crippen MR) is 53.0 cm³/mol. The van der Waals surface area contributed by atoms with Crippen LogP contribution in [0.4, 0.5) is 0 Å². The second-order valence-electron chi connectivity index (χ2n) is 4.03. The Morgan fingerprint density at radius 1 is 1.42 bits per heavy atom. The zero-order chi connectivity index (χ0) is 8.39. The Balaban J connectivity index is 1.94. The van der Waals surface area contributed by atoms with Crippen molar-refractivity contribution in [2.24, 2.45) is 5.92 Å². The van der Waals surface area contributed by atoms with Crippen LogP contribution in [0.3, 0.4) is 0 Å². The molecule has 0 radical (unpaired) electrons. The number of rotatable bonds is 2. The first-order valence-electron chi connectivity index (χ1n) is 5.27. The van der Waals surface area contributed by atoms with Crippen molar-refractivity contribution in [3.8, 4) is 0 Å². The molecule has 2 aliphatic carbocycles. The van der Waals surface area contributed by atoms with Gasteiger partial charge in [0.1, 0.15) is 0 Å². The van der Waals surface area contributed by atoms with Crippen LogP contribution in [0.1, 0.15) is 45.4 Å². The summed E-state index contributed by atoms with van der Waals surface area (Å²) in [6, 6.07) is 0. The average molecular weight is 162 g/mol. The fourth-order valence-corrected chi connectivity index (χ4v) is 2.07. The first-order chi connectivity index (χ1) is 5.90. The summed E-state index contributed by atoms with van der Waals surface area (Å²) in [6.45, 7) is 2.23. The van der Waals surface area contributed by atoms with Crippen LogP contribution >= 0.6 is 0 Å².